The summed E-state index contributed by atoms with van der Waals surface area (Å²) in [6, 6.07) is 8.33. The molecule has 0 aliphatic carbocycles. The molecule has 4 rings (SSSR count). The van der Waals surface area contributed by atoms with E-state index in [2.05, 4.69) is 19.7 Å². The van der Waals surface area contributed by atoms with Crippen molar-refractivity contribution in [1.82, 2.24) is 19.7 Å². The first-order valence-electron chi connectivity index (χ1n) is 10.1. The van der Waals surface area contributed by atoms with E-state index in [0.29, 0.717) is 28.4 Å². The molecule has 2 aromatic heterocycles. The number of carbonyl (C=O) groups is 1. The van der Waals surface area contributed by atoms with Crippen molar-refractivity contribution in [2.75, 3.05) is 6.54 Å². The zero-order chi connectivity index (χ0) is 24.2. The topological polar surface area (TPSA) is 102 Å². The third-order valence-electron chi connectivity index (χ3n) is 5.08. The molecule has 0 aliphatic heterocycles. The van der Waals surface area contributed by atoms with Gasteiger partial charge in [-0.05, 0) is 54.8 Å². The third kappa shape index (κ3) is 4.95. The molecule has 0 atom stereocenters. The Labute approximate surface area is 193 Å². The summed E-state index contributed by atoms with van der Waals surface area (Å²) in [7, 11) is -2.83. The molecule has 0 saturated heterocycles. The summed E-state index contributed by atoms with van der Waals surface area (Å²) in [5, 5.41) is 0. The van der Waals surface area contributed by atoms with Gasteiger partial charge in [-0.1, -0.05) is 0 Å². The maximum atomic E-state index is 15.0. The molecule has 0 saturated carbocycles. The first-order valence-corrected chi connectivity index (χ1v) is 11.3. The van der Waals surface area contributed by atoms with Crippen LogP contribution in [0.2, 0.25) is 0 Å². The second-order valence-corrected chi connectivity index (χ2v) is 8.15. The Kier molecular flexibility index (Phi) is 6.94. The first-order chi connectivity index (χ1) is 16.3. The predicted molar refractivity (Wildman–Crippen MR) is 119 cm³/mol. The Morgan fingerprint density at radius 3 is 2.56 bits per heavy atom. The van der Waals surface area contributed by atoms with Crippen LogP contribution < -0.4 is 4.72 Å². The molecule has 0 spiro atoms. The van der Waals surface area contributed by atoms with Crippen LogP contribution in [0.15, 0.2) is 55.0 Å². The second-order valence-electron chi connectivity index (χ2n) is 7.32. The fraction of sp³-hybridized carbons (Fsp3) is 0.130. The van der Waals surface area contributed by atoms with E-state index in [1.807, 2.05) is 0 Å². The van der Waals surface area contributed by atoms with Crippen molar-refractivity contribution in [2.45, 2.75) is 12.8 Å². The molecule has 0 unspecified atom stereocenters. The largest absolute Gasteiger partial charge is 0.288 e. The molecule has 2 aromatic carbocycles. The summed E-state index contributed by atoms with van der Waals surface area (Å²) in [5.74, 6) is -5.21. The molecule has 34 heavy (non-hydrogen) atoms. The van der Waals surface area contributed by atoms with E-state index in [9.17, 15) is 22.0 Å². The number of benzene rings is 2. The van der Waals surface area contributed by atoms with Crippen LogP contribution in [0.5, 0.6) is 0 Å². The molecule has 2 heterocycles. The van der Waals surface area contributed by atoms with Crippen LogP contribution in [0, 0.1) is 17.5 Å². The highest BCUT2D eigenvalue weighted by molar-refractivity contribution is 7.70. The molecular weight excluding hydrogens is 469 g/mol. The summed E-state index contributed by atoms with van der Waals surface area (Å²) in [6.45, 7) is -0.0109. The number of hydrogen-bond acceptors (Lipinski definition) is 6. The van der Waals surface area contributed by atoms with Gasteiger partial charge in [-0.2, -0.15) is 0 Å². The number of carbonyl (C=O) groups excluding carboxylic acids is 1. The Balaban J connectivity index is 1.69. The van der Waals surface area contributed by atoms with Crippen LogP contribution >= 0.6 is 0 Å². The molecule has 0 fully saturated rings. The highest BCUT2D eigenvalue weighted by Crippen LogP contribution is 2.26. The molecule has 0 amide bonds. The van der Waals surface area contributed by atoms with Gasteiger partial charge >= 0.3 is 0 Å². The summed E-state index contributed by atoms with van der Waals surface area (Å²) in [4.78, 5) is 25.8. The molecule has 4 aromatic rings. The summed E-state index contributed by atoms with van der Waals surface area (Å²) >= 11 is 0. The van der Waals surface area contributed by atoms with Gasteiger partial charge in [0.1, 0.15) is 5.82 Å². The normalized spacial score (nSPS) is 11.3. The van der Waals surface area contributed by atoms with Crippen LogP contribution in [0.3, 0.4) is 0 Å². The molecule has 174 valence electrons. The highest BCUT2D eigenvalue weighted by Gasteiger charge is 2.25. The Hall–Kier alpha value is -3.70. The minimum Gasteiger partial charge on any atom is -0.288 e. The first kappa shape index (κ1) is 23.5. The van der Waals surface area contributed by atoms with Crippen molar-refractivity contribution < 1.29 is 26.4 Å². The van der Waals surface area contributed by atoms with Gasteiger partial charge in [-0.3, -0.25) is 14.8 Å². The fourth-order valence-corrected chi connectivity index (χ4v) is 3.78. The lowest BCUT2D eigenvalue weighted by molar-refractivity contribution is 0.102. The SMILES string of the molecule is O=C(c1ccc2ncc(-c3cccnc3)nc2c1)c1c(F)c(F)cc(CCCN[SH](=O)=O)c1F. The van der Waals surface area contributed by atoms with Crippen molar-refractivity contribution in [3.8, 4) is 11.3 Å². The quantitative estimate of drug-likeness (QED) is 0.171. The summed E-state index contributed by atoms with van der Waals surface area (Å²) in [5.41, 5.74) is 0.597. The standard InChI is InChI=1S/C23H17F3N4O3S/c24-16-9-13(3-2-8-29-34(32)33)21(25)20(22(16)26)23(31)14-5-6-17-18(10-14)30-19(12-28-17)15-4-1-7-27-11-15/h1,4-7,9-12,34H,2-3,8H2,(H,29,32,33). The van der Waals surface area contributed by atoms with Crippen LogP contribution in [0.4, 0.5) is 13.2 Å². The Bertz CT molecular complexity index is 1460. The number of thiol groups is 1. The molecule has 7 nitrogen and oxygen atoms in total. The van der Waals surface area contributed by atoms with E-state index >= 15 is 4.39 Å². The summed E-state index contributed by atoms with van der Waals surface area (Å²) in [6.07, 6.45) is 4.76. The Morgan fingerprint density at radius 2 is 1.82 bits per heavy atom. The minimum atomic E-state index is -2.83. The van der Waals surface area contributed by atoms with E-state index in [-0.39, 0.29) is 30.5 Å². The lowest BCUT2D eigenvalue weighted by Gasteiger charge is -2.11. The van der Waals surface area contributed by atoms with E-state index in [0.717, 1.165) is 0 Å². The van der Waals surface area contributed by atoms with Gasteiger partial charge in [0.2, 0.25) is 10.9 Å². The molecule has 11 heteroatoms. The number of ketones is 1. The van der Waals surface area contributed by atoms with Gasteiger partial charge in [-0.25, -0.2) is 31.3 Å². The molecule has 0 radical (unpaired) electrons. The number of fused-ring (bicyclic) bond motifs is 1. The van der Waals surface area contributed by atoms with Crippen molar-refractivity contribution in [3.63, 3.8) is 0 Å². The van der Waals surface area contributed by atoms with Gasteiger partial charge < -0.3 is 0 Å². The van der Waals surface area contributed by atoms with E-state index in [4.69, 9.17) is 0 Å². The molecular formula is C23H17F3N4O3S. The van der Waals surface area contributed by atoms with Gasteiger partial charge in [0.25, 0.3) is 0 Å². The average molecular weight is 486 g/mol. The van der Waals surface area contributed by atoms with Crippen molar-refractivity contribution in [1.29, 1.82) is 0 Å². The van der Waals surface area contributed by atoms with Gasteiger partial charge in [-0.15, -0.1) is 0 Å². The van der Waals surface area contributed by atoms with Crippen molar-refractivity contribution >= 4 is 27.7 Å². The number of rotatable bonds is 8. The van der Waals surface area contributed by atoms with Gasteiger partial charge in [0.05, 0.1) is 28.5 Å². The fourth-order valence-electron chi connectivity index (χ4n) is 3.44. The van der Waals surface area contributed by atoms with Gasteiger partial charge in [0.15, 0.2) is 17.4 Å². The number of nitrogens with one attached hydrogen (secondary N) is 1. The van der Waals surface area contributed by atoms with Crippen LogP contribution in [-0.4, -0.2) is 35.7 Å². The van der Waals surface area contributed by atoms with Crippen LogP contribution in [0.25, 0.3) is 22.3 Å². The number of aromatic nitrogens is 3. The number of aryl methyl sites for hydroxylation is 1. The molecule has 0 aliphatic rings. The number of pyridine rings is 1. The zero-order valence-corrected chi connectivity index (χ0v) is 18.4. The van der Waals surface area contributed by atoms with E-state index in [1.165, 1.54) is 24.4 Å². The summed E-state index contributed by atoms with van der Waals surface area (Å²) < 4.78 is 67.0. The highest BCUT2D eigenvalue weighted by atomic mass is 32.2. The average Bonchev–Trinajstić information content (AvgIpc) is 2.84. The van der Waals surface area contributed by atoms with Crippen LogP contribution in [-0.2, 0) is 17.3 Å². The maximum Gasteiger partial charge on any atom is 0.201 e. The minimum absolute atomic E-state index is 0.0109. The smallest absolute Gasteiger partial charge is 0.201 e. The van der Waals surface area contributed by atoms with Crippen molar-refractivity contribution in [3.05, 3.63) is 89.1 Å². The predicted octanol–water partition coefficient (Wildman–Crippen LogP) is 3.39. The molecule has 1 N–H and O–H groups in total. The second kappa shape index (κ2) is 10.1. The number of nitrogens with zero attached hydrogens (tertiary/aromatic N) is 3. The lowest BCUT2D eigenvalue weighted by atomic mass is 9.97. The number of hydrogen-bond donors (Lipinski definition) is 2. The maximum absolute atomic E-state index is 15.0. The third-order valence-corrected chi connectivity index (χ3v) is 5.57. The van der Waals surface area contributed by atoms with E-state index in [1.54, 1.807) is 24.5 Å². The van der Waals surface area contributed by atoms with Crippen molar-refractivity contribution in [2.24, 2.45) is 0 Å². The molecule has 0 bridgehead atoms. The number of halogens is 3. The van der Waals surface area contributed by atoms with E-state index < -0.39 is 39.7 Å². The zero-order valence-electron chi connectivity index (χ0n) is 17.5. The van der Waals surface area contributed by atoms with Gasteiger partial charge in [0, 0.05) is 30.1 Å². The van der Waals surface area contributed by atoms with Crippen LogP contribution in [0.1, 0.15) is 27.9 Å². The lowest BCUT2D eigenvalue weighted by Crippen LogP contribution is -2.15. The monoisotopic (exact) mass is 486 g/mol. The Morgan fingerprint density at radius 1 is 1.00 bits per heavy atom.